The Morgan fingerprint density at radius 2 is 2.23 bits per heavy atom. The van der Waals surface area contributed by atoms with Crippen molar-refractivity contribution in [2.75, 3.05) is 6.54 Å². The van der Waals surface area contributed by atoms with E-state index in [0.717, 1.165) is 12.8 Å². The number of nitrogens with two attached hydrogens (primary N) is 1. The molecule has 1 fully saturated rings. The molecule has 3 rings (SSSR count). The molecule has 7 heteroatoms. The zero-order valence-electron chi connectivity index (χ0n) is 11.8. The molecule has 116 valence electrons. The van der Waals surface area contributed by atoms with Crippen molar-refractivity contribution in [1.29, 1.82) is 0 Å². The molecule has 1 amide bonds. The van der Waals surface area contributed by atoms with E-state index < -0.39 is 0 Å². The number of nitrogens with one attached hydrogen (secondary N) is 1. The molecule has 1 atom stereocenters. The first-order valence-electron chi connectivity index (χ1n) is 7.09. The number of benzene rings is 1. The van der Waals surface area contributed by atoms with Gasteiger partial charge >= 0.3 is 0 Å². The van der Waals surface area contributed by atoms with E-state index in [1.807, 2.05) is 0 Å². The summed E-state index contributed by atoms with van der Waals surface area (Å²) < 4.78 is 1.56. The molecular formula is C15H16Cl2N4O. The average molecular weight is 339 g/mol. The van der Waals surface area contributed by atoms with Crippen LogP contribution >= 0.6 is 23.2 Å². The van der Waals surface area contributed by atoms with Gasteiger partial charge in [-0.25, -0.2) is 4.68 Å². The van der Waals surface area contributed by atoms with Gasteiger partial charge in [-0.05, 0) is 37.0 Å². The molecule has 1 aromatic carbocycles. The second kappa shape index (κ2) is 6.28. The minimum absolute atomic E-state index is 0.0370. The van der Waals surface area contributed by atoms with Crippen molar-refractivity contribution in [2.24, 2.45) is 11.7 Å². The first-order valence-corrected chi connectivity index (χ1v) is 7.85. The van der Waals surface area contributed by atoms with Crippen molar-refractivity contribution >= 4 is 29.1 Å². The van der Waals surface area contributed by atoms with Crippen LogP contribution in [0, 0.1) is 5.92 Å². The Hall–Kier alpha value is -1.56. The van der Waals surface area contributed by atoms with Crippen LogP contribution in [0.15, 0.2) is 30.6 Å². The van der Waals surface area contributed by atoms with Crippen LogP contribution in [0.5, 0.6) is 0 Å². The Kier molecular flexibility index (Phi) is 4.38. The first-order chi connectivity index (χ1) is 10.6. The lowest BCUT2D eigenvalue weighted by molar-refractivity contribution is 0.0933. The lowest BCUT2D eigenvalue weighted by atomic mass is 10.2. The minimum Gasteiger partial charge on any atom is -0.348 e. The molecule has 2 aromatic rings. The van der Waals surface area contributed by atoms with Crippen LogP contribution in [0.2, 0.25) is 10.0 Å². The quantitative estimate of drug-likeness (QED) is 0.880. The topological polar surface area (TPSA) is 72.9 Å². The van der Waals surface area contributed by atoms with Crippen LogP contribution < -0.4 is 11.1 Å². The summed E-state index contributed by atoms with van der Waals surface area (Å²) in [5.74, 6) is 0.341. The van der Waals surface area contributed by atoms with Gasteiger partial charge in [-0.3, -0.25) is 4.79 Å². The largest absolute Gasteiger partial charge is 0.348 e. The smallest absolute Gasteiger partial charge is 0.254 e. The van der Waals surface area contributed by atoms with Crippen LogP contribution in [0.25, 0.3) is 5.69 Å². The highest BCUT2D eigenvalue weighted by atomic mass is 35.5. The molecule has 1 saturated carbocycles. The summed E-state index contributed by atoms with van der Waals surface area (Å²) in [5, 5.41) is 8.17. The molecule has 1 aliphatic carbocycles. The van der Waals surface area contributed by atoms with Gasteiger partial charge in [0.05, 0.1) is 22.5 Å². The van der Waals surface area contributed by atoms with E-state index in [1.165, 1.54) is 6.20 Å². The highest BCUT2D eigenvalue weighted by Crippen LogP contribution is 2.32. The second-order valence-corrected chi connectivity index (χ2v) is 6.27. The van der Waals surface area contributed by atoms with Crippen molar-refractivity contribution in [3.05, 3.63) is 46.2 Å². The third kappa shape index (κ3) is 3.27. The number of carbonyl (C=O) groups is 1. The van der Waals surface area contributed by atoms with Crippen LogP contribution in [0.3, 0.4) is 0 Å². The molecule has 0 spiro atoms. The van der Waals surface area contributed by atoms with Crippen molar-refractivity contribution < 1.29 is 4.79 Å². The van der Waals surface area contributed by atoms with E-state index in [4.69, 9.17) is 28.9 Å². The van der Waals surface area contributed by atoms with Gasteiger partial charge in [0.15, 0.2) is 0 Å². The summed E-state index contributed by atoms with van der Waals surface area (Å²) >= 11 is 12.0. The molecule has 0 bridgehead atoms. The number of hydrogen-bond donors (Lipinski definition) is 2. The molecule has 1 heterocycles. The van der Waals surface area contributed by atoms with E-state index in [1.54, 1.807) is 29.1 Å². The number of carbonyl (C=O) groups excluding carboxylic acids is 1. The number of amides is 1. The van der Waals surface area contributed by atoms with E-state index >= 15 is 0 Å². The Balaban J connectivity index is 1.76. The summed E-state index contributed by atoms with van der Waals surface area (Å²) in [7, 11) is 0. The SMILES string of the molecule is NCC(NC(=O)c1cnn(-c2ccc(Cl)cc2Cl)c1)C1CC1. The lowest BCUT2D eigenvalue weighted by Crippen LogP contribution is -2.41. The summed E-state index contributed by atoms with van der Waals surface area (Å²) in [6.07, 6.45) is 5.41. The predicted octanol–water partition coefficient (Wildman–Crippen LogP) is 2.65. The highest BCUT2D eigenvalue weighted by molar-refractivity contribution is 6.35. The van der Waals surface area contributed by atoms with Crippen molar-refractivity contribution in [2.45, 2.75) is 18.9 Å². The Morgan fingerprint density at radius 1 is 1.45 bits per heavy atom. The summed E-state index contributed by atoms with van der Waals surface area (Å²) in [6, 6.07) is 5.15. The van der Waals surface area contributed by atoms with Crippen LogP contribution in [0.1, 0.15) is 23.2 Å². The molecule has 0 saturated heterocycles. The first kappa shape index (κ1) is 15.3. The van der Waals surface area contributed by atoms with Gasteiger partial charge in [0.2, 0.25) is 0 Å². The maximum Gasteiger partial charge on any atom is 0.254 e. The number of hydrogen-bond acceptors (Lipinski definition) is 3. The van der Waals surface area contributed by atoms with Crippen LogP contribution in [0.4, 0.5) is 0 Å². The number of nitrogens with zero attached hydrogens (tertiary/aromatic N) is 2. The summed E-state index contributed by atoms with van der Waals surface area (Å²) in [4.78, 5) is 12.3. The zero-order valence-corrected chi connectivity index (χ0v) is 13.3. The Bertz CT molecular complexity index is 697. The molecule has 0 radical (unpaired) electrons. The zero-order chi connectivity index (χ0) is 15.7. The van der Waals surface area contributed by atoms with Crippen molar-refractivity contribution in [1.82, 2.24) is 15.1 Å². The van der Waals surface area contributed by atoms with Crippen molar-refractivity contribution in [3.8, 4) is 5.69 Å². The minimum atomic E-state index is -0.168. The number of halogens is 2. The normalized spacial score (nSPS) is 15.6. The molecule has 1 unspecified atom stereocenters. The van der Waals surface area contributed by atoms with Gasteiger partial charge in [0.1, 0.15) is 0 Å². The van der Waals surface area contributed by atoms with Gasteiger partial charge in [-0.1, -0.05) is 23.2 Å². The standard InChI is InChI=1S/C15H16Cl2N4O/c16-11-3-4-14(12(17)5-11)21-8-10(7-19-21)15(22)20-13(6-18)9-1-2-9/h3-5,7-9,13H,1-2,6,18H2,(H,20,22). The van der Waals surface area contributed by atoms with Gasteiger partial charge in [-0.15, -0.1) is 0 Å². The van der Waals surface area contributed by atoms with Crippen LogP contribution in [-0.2, 0) is 0 Å². The summed E-state index contributed by atoms with van der Waals surface area (Å²) in [6.45, 7) is 0.452. The maximum atomic E-state index is 12.3. The van der Waals surface area contributed by atoms with E-state index in [9.17, 15) is 4.79 Å². The third-order valence-electron chi connectivity index (χ3n) is 3.76. The maximum absolute atomic E-state index is 12.3. The van der Waals surface area contributed by atoms with Crippen molar-refractivity contribution in [3.63, 3.8) is 0 Å². The summed E-state index contributed by atoms with van der Waals surface area (Å²) in [5.41, 5.74) is 6.85. The van der Waals surface area contributed by atoms with E-state index in [0.29, 0.717) is 33.8 Å². The molecule has 1 aliphatic rings. The molecule has 1 aromatic heterocycles. The number of aromatic nitrogens is 2. The second-order valence-electron chi connectivity index (χ2n) is 5.42. The fraction of sp³-hybridized carbons (Fsp3) is 0.333. The number of rotatable bonds is 5. The van der Waals surface area contributed by atoms with Gasteiger partial charge in [0.25, 0.3) is 5.91 Å². The lowest BCUT2D eigenvalue weighted by Gasteiger charge is -2.15. The Labute approximate surface area is 138 Å². The predicted molar refractivity (Wildman–Crippen MR) is 86.6 cm³/mol. The molecular weight excluding hydrogens is 323 g/mol. The van der Waals surface area contributed by atoms with Gasteiger partial charge < -0.3 is 11.1 Å². The highest BCUT2D eigenvalue weighted by Gasteiger charge is 2.31. The third-order valence-corrected chi connectivity index (χ3v) is 4.30. The van der Waals surface area contributed by atoms with Gasteiger partial charge in [-0.2, -0.15) is 5.10 Å². The average Bonchev–Trinajstić information content (AvgIpc) is 3.21. The Morgan fingerprint density at radius 3 is 2.86 bits per heavy atom. The molecule has 3 N–H and O–H groups in total. The molecule has 5 nitrogen and oxygen atoms in total. The van der Waals surface area contributed by atoms with Crippen LogP contribution in [-0.4, -0.2) is 28.3 Å². The van der Waals surface area contributed by atoms with E-state index in [-0.39, 0.29) is 11.9 Å². The van der Waals surface area contributed by atoms with Gasteiger partial charge in [0, 0.05) is 23.8 Å². The fourth-order valence-corrected chi connectivity index (χ4v) is 2.85. The van der Waals surface area contributed by atoms with E-state index in [2.05, 4.69) is 10.4 Å². The monoisotopic (exact) mass is 338 g/mol. The molecule has 0 aliphatic heterocycles. The molecule has 22 heavy (non-hydrogen) atoms. The fourth-order valence-electron chi connectivity index (χ4n) is 2.36.